The van der Waals surface area contributed by atoms with Crippen molar-refractivity contribution in [2.45, 2.75) is 25.3 Å². The number of imide groups is 1. The van der Waals surface area contributed by atoms with Gasteiger partial charge in [0.05, 0.1) is 12.1 Å². The lowest BCUT2D eigenvalue weighted by molar-refractivity contribution is -0.122. The largest absolute Gasteiger partial charge is 0.356 e. The molecular weight excluding hydrogens is 322 g/mol. The SMILES string of the molecule is O=C1NC(=O)N2CCN(C(=O)c3cccnc3N3CCCCC3)CC12. The Balaban J connectivity index is 1.55. The van der Waals surface area contributed by atoms with Gasteiger partial charge in [-0.2, -0.15) is 0 Å². The number of nitrogens with one attached hydrogen (secondary N) is 1. The molecule has 132 valence electrons. The van der Waals surface area contributed by atoms with Crippen LogP contribution in [0.15, 0.2) is 18.3 Å². The molecule has 0 aliphatic carbocycles. The van der Waals surface area contributed by atoms with E-state index in [9.17, 15) is 14.4 Å². The Hall–Kier alpha value is -2.64. The van der Waals surface area contributed by atoms with Crippen LogP contribution in [0.2, 0.25) is 0 Å². The molecule has 3 aliphatic heterocycles. The van der Waals surface area contributed by atoms with Gasteiger partial charge in [-0.15, -0.1) is 0 Å². The summed E-state index contributed by atoms with van der Waals surface area (Å²) < 4.78 is 0. The van der Waals surface area contributed by atoms with Gasteiger partial charge in [-0.25, -0.2) is 9.78 Å². The molecule has 1 atom stereocenters. The van der Waals surface area contributed by atoms with E-state index in [2.05, 4.69) is 15.2 Å². The molecule has 3 aliphatic rings. The van der Waals surface area contributed by atoms with E-state index < -0.39 is 6.04 Å². The Kier molecular flexibility index (Phi) is 4.03. The Morgan fingerprint density at radius 2 is 1.92 bits per heavy atom. The van der Waals surface area contributed by atoms with Crippen LogP contribution in [0.5, 0.6) is 0 Å². The van der Waals surface area contributed by atoms with Crippen LogP contribution >= 0.6 is 0 Å². The van der Waals surface area contributed by atoms with Gasteiger partial charge in [-0.3, -0.25) is 14.9 Å². The molecule has 8 heteroatoms. The van der Waals surface area contributed by atoms with Gasteiger partial charge in [0.25, 0.3) is 11.8 Å². The number of urea groups is 1. The van der Waals surface area contributed by atoms with Crippen LogP contribution in [-0.4, -0.2) is 71.4 Å². The molecule has 4 rings (SSSR count). The molecule has 1 N–H and O–H groups in total. The molecule has 0 radical (unpaired) electrons. The third-order valence-electron chi connectivity index (χ3n) is 5.13. The molecule has 1 unspecified atom stereocenters. The summed E-state index contributed by atoms with van der Waals surface area (Å²) in [7, 11) is 0. The number of carbonyl (C=O) groups is 3. The number of piperidine rings is 1. The number of hydrogen-bond acceptors (Lipinski definition) is 5. The molecular formula is C17H21N5O3. The number of anilines is 1. The van der Waals surface area contributed by atoms with E-state index in [0.29, 0.717) is 18.7 Å². The lowest BCUT2D eigenvalue weighted by atomic mass is 10.1. The van der Waals surface area contributed by atoms with Crippen LogP contribution in [0.1, 0.15) is 29.6 Å². The zero-order chi connectivity index (χ0) is 17.4. The maximum Gasteiger partial charge on any atom is 0.324 e. The number of fused-ring (bicyclic) bond motifs is 1. The van der Waals surface area contributed by atoms with Crippen molar-refractivity contribution >= 4 is 23.7 Å². The van der Waals surface area contributed by atoms with Crippen molar-refractivity contribution in [3.63, 3.8) is 0 Å². The third-order valence-corrected chi connectivity index (χ3v) is 5.13. The van der Waals surface area contributed by atoms with Crippen molar-refractivity contribution in [2.75, 3.05) is 37.6 Å². The number of amides is 4. The van der Waals surface area contributed by atoms with Gasteiger partial charge >= 0.3 is 6.03 Å². The van der Waals surface area contributed by atoms with E-state index in [1.807, 2.05) is 0 Å². The fourth-order valence-electron chi connectivity index (χ4n) is 3.79. The highest BCUT2D eigenvalue weighted by Gasteiger charge is 2.43. The van der Waals surface area contributed by atoms with Crippen molar-refractivity contribution in [3.8, 4) is 0 Å². The average Bonchev–Trinajstić information content (AvgIpc) is 2.95. The van der Waals surface area contributed by atoms with Crippen LogP contribution in [0.3, 0.4) is 0 Å². The second kappa shape index (κ2) is 6.34. The lowest BCUT2D eigenvalue weighted by Gasteiger charge is -2.36. The molecule has 3 fully saturated rings. The van der Waals surface area contributed by atoms with E-state index in [-0.39, 0.29) is 24.4 Å². The molecule has 3 saturated heterocycles. The van der Waals surface area contributed by atoms with Gasteiger partial charge in [0.1, 0.15) is 11.9 Å². The highest BCUT2D eigenvalue weighted by molar-refractivity contribution is 6.05. The van der Waals surface area contributed by atoms with Gasteiger partial charge < -0.3 is 14.7 Å². The van der Waals surface area contributed by atoms with Crippen LogP contribution < -0.4 is 10.2 Å². The van der Waals surface area contributed by atoms with Crippen molar-refractivity contribution in [3.05, 3.63) is 23.9 Å². The molecule has 1 aromatic heterocycles. The molecule has 4 amide bonds. The second-order valence-electron chi connectivity index (χ2n) is 6.68. The molecule has 8 nitrogen and oxygen atoms in total. The van der Waals surface area contributed by atoms with E-state index >= 15 is 0 Å². The van der Waals surface area contributed by atoms with Crippen LogP contribution in [0.4, 0.5) is 10.6 Å². The van der Waals surface area contributed by atoms with Crippen LogP contribution in [0.25, 0.3) is 0 Å². The van der Waals surface area contributed by atoms with Gasteiger partial charge in [-0.05, 0) is 31.4 Å². The summed E-state index contributed by atoms with van der Waals surface area (Å²) in [6, 6.07) is 2.62. The average molecular weight is 343 g/mol. The summed E-state index contributed by atoms with van der Waals surface area (Å²) in [5.41, 5.74) is 0.572. The van der Waals surface area contributed by atoms with Crippen molar-refractivity contribution in [1.82, 2.24) is 20.1 Å². The summed E-state index contributed by atoms with van der Waals surface area (Å²) in [5.74, 6) is 0.270. The minimum absolute atomic E-state index is 0.125. The Morgan fingerprint density at radius 3 is 2.72 bits per heavy atom. The summed E-state index contributed by atoms with van der Waals surface area (Å²) in [6.07, 6.45) is 5.13. The predicted octanol–water partition coefficient (Wildman–Crippen LogP) is 0.448. The number of hydrogen-bond donors (Lipinski definition) is 1. The first-order valence-corrected chi connectivity index (χ1v) is 8.76. The fourth-order valence-corrected chi connectivity index (χ4v) is 3.79. The van der Waals surface area contributed by atoms with E-state index in [1.165, 1.54) is 11.3 Å². The number of nitrogens with zero attached hydrogens (tertiary/aromatic N) is 4. The first kappa shape index (κ1) is 15.9. The molecule has 1 aromatic rings. The minimum Gasteiger partial charge on any atom is -0.356 e. The van der Waals surface area contributed by atoms with E-state index in [4.69, 9.17) is 0 Å². The highest BCUT2D eigenvalue weighted by Crippen LogP contribution is 2.24. The monoisotopic (exact) mass is 343 g/mol. The van der Waals surface area contributed by atoms with E-state index in [1.54, 1.807) is 23.2 Å². The smallest absolute Gasteiger partial charge is 0.324 e. The third kappa shape index (κ3) is 2.81. The first-order chi connectivity index (χ1) is 12.1. The number of carbonyl (C=O) groups excluding carboxylic acids is 3. The first-order valence-electron chi connectivity index (χ1n) is 8.76. The number of rotatable bonds is 2. The normalized spacial score (nSPS) is 23.5. The van der Waals surface area contributed by atoms with Crippen LogP contribution in [0, 0.1) is 0 Å². The Morgan fingerprint density at radius 1 is 1.12 bits per heavy atom. The topological polar surface area (TPSA) is 85.8 Å². The number of piperazine rings is 1. The Bertz CT molecular complexity index is 716. The highest BCUT2D eigenvalue weighted by atomic mass is 16.2. The lowest BCUT2D eigenvalue weighted by Crippen LogP contribution is -2.54. The molecule has 25 heavy (non-hydrogen) atoms. The fraction of sp³-hybridized carbons (Fsp3) is 0.529. The van der Waals surface area contributed by atoms with Gasteiger partial charge in [0.2, 0.25) is 0 Å². The summed E-state index contributed by atoms with van der Waals surface area (Å²) in [6.45, 7) is 2.83. The standard InChI is InChI=1S/C17H21N5O3/c23-15-13-11-21(9-10-22(13)17(25)19-15)16(24)12-5-4-6-18-14(12)20-7-2-1-3-8-20/h4-6,13H,1-3,7-11H2,(H,19,23,25). The van der Waals surface area contributed by atoms with Crippen LogP contribution in [-0.2, 0) is 4.79 Å². The summed E-state index contributed by atoms with van der Waals surface area (Å²) >= 11 is 0. The molecule has 0 bridgehead atoms. The number of aromatic nitrogens is 1. The molecule has 0 spiro atoms. The predicted molar refractivity (Wildman–Crippen MR) is 90.2 cm³/mol. The van der Waals surface area contributed by atoms with Crippen molar-refractivity contribution < 1.29 is 14.4 Å². The van der Waals surface area contributed by atoms with Crippen molar-refractivity contribution in [1.29, 1.82) is 0 Å². The van der Waals surface area contributed by atoms with Crippen molar-refractivity contribution in [2.24, 2.45) is 0 Å². The minimum atomic E-state index is -0.583. The summed E-state index contributed by atoms with van der Waals surface area (Å²) in [4.78, 5) is 46.4. The zero-order valence-corrected chi connectivity index (χ0v) is 14.0. The molecule has 0 aromatic carbocycles. The molecule has 4 heterocycles. The summed E-state index contributed by atoms with van der Waals surface area (Å²) in [5, 5.41) is 2.31. The second-order valence-corrected chi connectivity index (χ2v) is 6.68. The van der Waals surface area contributed by atoms with Gasteiger partial charge in [0.15, 0.2) is 0 Å². The number of pyridine rings is 1. The van der Waals surface area contributed by atoms with E-state index in [0.717, 1.165) is 31.7 Å². The maximum absolute atomic E-state index is 13.1. The zero-order valence-electron chi connectivity index (χ0n) is 14.0. The quantitative estimate of drug-likeness (QED) is 0.788. The maximum atomic E-state index is 13.1. The van der Waals surface area contributed by atoms with Gasteiger partial charge in [-0.1, -0.05) is 0 Å². The van der Waals surface area contributed by atoms with Gasteiger partial charge in [0, 0.05) is 32.4 Å². The molecule has 0 saturated carbocycles. The Labute approximate surface area is 145 Å².